The molecule has 0 saturated carbocycles. The summed E-state index contributed by atoms with van der Waals surface area (Å²) >= 11 is 0. The van der Waals surface area contributed by atoms with Gasteiger partial charge in [-0.3, -0.25) is 9.48 Å². The summed E-state index contributed by atoms with van der Waals surface area (Å²) in [5, 5.41) is 4.32. The second kappa shape index (κ2) is 7.36. The normalized spacial score (nSPS) is 19.6. The molecule has 1 aromatic carbocycles. The van der Waals surface area contributed by atoms with Gasteiger partial charge in [0.15, 0.2) is 0 Å². The number of benzene rings is 1. The number of likely N-dealkylation sites (tertiary alicyclic amines) is 1. The second-order valence-electron chi connectivity index (χ2n) is 7.02. The molecule has 1 saturated heterocycles. The Morgan fingerprint density at radius 3 is 2.71 bits per heavy atom. The molecule has 2 heterocycles. The van der Waals surface area contributed by atoms with Crippen molar-refractivity contribution in [1.29, 1.82) is 0 Å². The number of carbonyl (C=O) groups is 1. The molecular formula is C18H25ClN4O. The second-order valence-corrected chi connectivity index (χ2v) is 7.02. The van der Waals surface area contributed by atoms with Crippen molar-refractivity contribution in [1.82, 2.24) is 14.7 Å². The van der Waals surface area contributed by atoms with Gasteiger partial charge in [0.25, 0.3) is 5.91 Å². The maximum atomic E-state index is 12.7. The van der Waals surface area contributed by atoms with Crippen LogP contribution < -0.4 is 5.73 Å². The Morgan fingerprint density at radius 2 is 2.04 bits per heavy atom. The average molecular weight is 349 g/mol. The Balaban J connectivity index is 0.00000208. The van der Waals surface area contributed by atoms with Gasteiger partial charge >= 0.3 is 0 Å². The number of piperidine rings is 1. The van der Waals surface area contributed by atoms with Crippen LogP contribution in [-0.4, -0.2) is 39.7 Å². The van der Waals surface area contributed by atoms with Crippen LogP contribution in [0.2, 0.25) is 0 Å². The maximum absolute atomic E-state index is 12.7. The Labute approximate surface area is 149 Å². The molecule has 1 aromatic heterocycles. The van der Waals surface area contributed by atoms with Gasteiger partial charge in [0.2, 0.25) is 0 Å². The van der Waals surface area contributed by atoms with Crippen LogP contribution in [0, 0.1) is 5.41 Å². The van der Waals surface area contributed by atoms with E-state index in [0.717, 1.165) is 6.42 Å². The lowest BCUT2D eigenvalue weighted by molar-refractivity contribution is 0.0533. The highest BCUT2D eigenvalue weighted by Crippen LogP contribution is 2.28. The van der Waals surface area contributed by atoms with Crippen molar-refractivity contribution in [2.24, 2.45) is 11.1 Å². The molecule has 1 fully saturated rings. The predicted molar refractivity (Wildman–Crippen MR) is 97.3 cm³/mol. The van der Waals surface area contributed by atoms with Gasteiger partial charge in [0, 0.05) is 25.3 Å². The van der Waals surface area contributed by atoms with Crippen LogP contribution in [0.1, 0.15) is 36.2 Å². The van der Waals surface area contributed by atoms with Crippen molar-refractivity contribution in [3.8, 4) is 0 Å². The maximum Gasteiger partial charge on any atom is 0.257 e. The fourth-order valence-corrected chi connectivity index (χ4v) is 3.06. The van der Waals surface area contributed by atoms with Crippen LogP contribution in [0.25, 0.3) is 0 Å². The lowest BCUT2D eigenvalue weighted by Crippen LogP contribution is -2.53. The average Bonchev–Trinajstić information content (AvgIpc) is 2.98. The standard InChI is InChI=1S/C18H24N4O.ClH/c1-18(2)13-21(9-8-16(18)19)17(23)15-10-20-22(12-15)11-14-6-4-3-5-7-14;/h3-7,10,12,16H,8-9,11,13,19H2,1-2H3;1H. The summed E-state index contributed by atoms with van der Waals surface area (Å²) in [5.41, 5.74) is 7.91. The molecule has 1 aliphatic rings. The van der Waals surface area contributed by atoms with Crippen LogP contribution in [0.3, 0.4) is 0 Å². The topological polar surface area (TPSA) is 64.2 Å². The number of hydrogen-bond acceptors (Lipinski definition) is 3. The number of rotatable bonds is 3. The molecule has 1 aliphatic heterocycles. The first-order valence-electron chi connectivity index (χ1n) is 8.07. The van der Waals surface area contributed by atoms with Gasteiger partial charge < -0.3 is 10.6 Å². The van der Waals surface area contributed by atoms with Crippen LogP contribution in [0.4, 0.5) is 0 Å². The Hall–Kier alpha value is -1.85. The van der Waals surface area contributed by atoms with Crippen molar-refractivity contribution < 1.29 is 4.79 Å². The number of amides is 1. The van der Waals surface area contributed by atoms with Gasteiger partial charge in [-0.25, -0.2) is 0 Å². The first kappa shape index (κ1) is 18.5. The van der Waals surface area contributed by atoms with Crippen LogP contribution in [-0.2, 0) is 6.54 Å². The fourth-order valence-electron chi connectivity index (χ4n) is 3.06. The summed E-state index contributed by atoms with van der Waals surface area (Å²) in [7, 11) is 0. The number of nitrogens with zero attached hydrogens (tertiary/aromatic N) is 3. The van der Waals surface area contributed by atoms with E-state index < -0.39 is 0 Å². The Morgan fingerprint density at radius 1 is 1.33 bits per heavy atom. The molecule has 1 amide bonds. The van der Waals surface area contributed by atoms with Crippen molar-refractivity contribution in [3.63, 3.8) is 0 Å². The highest BCUT2D eigenvalue weighted by atomic mass is 35.5. The van der Waals surface area contributed by atoms with E-state index in [2.05, 4.69) is 31.1 Å². The summed E-state index contributed by atoms with van der Waals surface area (Å²) in [6, 6.07) is 10.3. The van der Waals surface area contributed by atoms with E-state index in [4.69, 9.17) is 5.73 Å². The molecule has 0 aliphatic carbocycles. The van der Waals surface area contributed by atoms with Gasteiger partial charge in [-0.1, -0.05) is 44.2 Å². The van der Waals surface area contributed by atoms with E-state index in [-0.39, 0.29) is 29.8 Å². The first-order valence-corrected chi connectivity index (χ1v) is 8.07. The predicted octanol–water partition coefficient (Wildman–Crippen LogP) is 2.55. The van der Waals surface area contributed by atoms with E-state index >= 15 is 0 Å². The van der Waals surface area contributed by atoms with Gasteiger partial charge in [-0.15, -0.1) is 12.4 Å². The minimum absolute atomic E-state index is 0. The van der Waals surface area contributed by atoms with Gasteiger partial charge in [-0.05, 0) is 17.4 Å². The van der Waals surface area contributed by atoms with Crippen molar-refractivity contribution in [3.05, 3.63) is 53.9 Å². The van der Waals surface area contributed by atoms with E-state index in [1.165, 1.54) is 5.56 Å². The molecule has 2 aromatic rings. The summed E-state index contributed by atoms with van der Waals surface area (Å²) < 4.78 is 1.81. The van der Waals surface area contributed by atoms with Crippen molar-refractivity contribution in [2.45, 2.75) is 32.9 Å². The van der Waals surface area contributed by atoms with Gasteiger partial charge in [0.1, 0.15) is 0 Å². The molecule has 5 nitrogen and oxygen atoms in total. The zero-order valence-electron chi connectivity index (χ0n) is 14.2. The third-order valence-corrected chi connectivity index (χ3v) is 4.67. The van der Waals surface area contributed by atoms with Crippen molar-refractivity contribution in [2.75, 3.05) is 13.1 Å². The molecule has 6 heteroatoms. The Bertz CT molecular complexity index is 683. The zero-order chi connectivity index (χ0) is 16.4. The first-order chi connectivity index (χ1) is 11.0. The van der Waals surface area contributed by atoms with Gasteiger partial charge in [-0.2, -0.15) is 5.10 Å². The smallest absolute Gasteiger partial charge is 0.257 e. The quantitative estimate of drug-likeness (QED) is 0.927. The molecular weight excluding hydrogens is 324 g/mol. The summed E-state index contributed by atoms with van der Waals surface area (Å²) in [6.07, 6.45) is 4.33. The minimum atomic E-state index is -0.0477. The SMILES string of the molecule is CC1(C)CN(C(=O)c2cnn(Cc3ccccc3)c2)CCC1N.Cl. The van der Waals surface area contributed by atoms with E-state index in [9.17, 15) is 4.79 Å². The van der Waals surface area contributed by atoms with E-state index in [1.54, 1.807) is 6.20 Å². The monoisotopic (exact) mass is 348 g/mol. The molecule has 0 radical (unpaired) electrons. The molecule has 24 heavy (non-hydrogen) atoms. The number of hydrogen-bond donors (Lipinski definition) is 1. The van der Waals surface area contributed by atoms with Crippen LogP contribution in [0.15, 0.2) is 42.7 Å². The van der Waals surface area contributed by atoms with Crippen LogP contribution in [0.5, 0.6) is 0 Å². The van der Waals surface area contributed by atoms with Crippen LogP contribution >= 0.6 is 12.4 Å². The van der Waals surface area contributed by atoms with E-state index in [0.29, 0.717) is 25.2 Å². The fraction of sp³-hybridized carbons (Fsp3) is 0.444. The van der Waals surface area contributed by atoms with E-state index in [1.807, 2.05) is 34.0 Å². The summed E-state index contributed by atoms with van der Waals surface area (Å²) in [6.45, 7) is 6.32. The third-order valence-electron chi connectivity index (χ3n) is 4.67. The number of carbonyl (C=O) groups excluding carboxylic acids is 1. The lowest BCUT2D eigenvalue weighted by atomic mass is 9.79. The number of nitrogens with two attached hydrogens (primary N) is 1. The minimum Gasteiger partial charge on any atom is -0.338 e. The largest absolute Gasteiger partial charge is 0.338 e. The molecule has 130 valence electrons. The molecule has 0 spiro atoms. The Kier molecular flexibility index (Phi) is 5.67. The zero-order valence-corrected chi connectivity index (χ0v) is 15.0. The van der Waals surface area contributed by atoms with Gasteiger partial charge in [0.05, 0.1) is 18.3 Å². The molecule has 3 rings (SSSR count). The highest BCUT2D eigenvalue weighted by molar-refractivity contribution is 5.93. The summed E-state index contributed by atoms with van der Waals surface area (Å²) in [5.74, 6) is 0.0456. The molecule has 1 atom stereocenters. The highest BCUT2D eigenvalue weighted by Gasteiger charge is 2.35. The molecule has 0 bridgehead atoms. The van der Waals surface area contributed by atoms with Crippen molar-refractivity contribution >= 4 is 18.3 Å². The molecule has 2 N–H and O–H groups in total. The number of aromatic nitrogens is 2. The number of halogens is 1. The molecule has 1 unspecified atom stereocenters. The lowest BCUT2D eigenvalue weighted by Gasteiger charge is -2.42. The summed E-state index contributed by atoms with van der Waals surface area (Å²) in [4.78, 5) is 14.6. The third kappa shape index (κ3) is 3.97.